The minimum atomic E-state index is 0.920. The highest BCUT2D eigenvalue weighted by atomic mass is 32.1. The summed E-state index contributed by atoms with van der Waals surface area (Å²) in [6, 6.07) is 10.7. The van der Waals surface area contributed by atoms with Crippen LogP contribution in [0.1, 0.15) is 60.4 Å². The molecule has 0 radical (unpaired) electrons. The number of thiophene rings is 1. The second-order valence-corrected chi connectivity index (χ2v) is 9.32. The van der Waals surface area contributed by atoms with Crippen molar-refractivity contribution in [3.8, 4) is 0 Å². The zero-order chi connectivity index (χ0) is 18.8. The molecule has 28 heavy (non-hydrogen) atoms. The van der Waals surface area contributed by atoms with Crippen LogP contribution in [-0.4, -0.2) is 23.1 Å². The third-order valence-electron chi connectivity index (χ3n) is 6.23. The maximum absolute atomic E-state index is 5.17. The predicted octanol–water partition coefficient (Wildman–Crippen LogP) is 5.74. The Hall–Kier alpha value is -1.94. The van der Waals surface area contributed by atoms with Gasteiger partial charge in [0, 0.05) is 24.4 Å². The van der Waals surface area contributed by atoms with E-state index in [0.29, 0.717) is 0 Å². The van der Waals surface area contributed by atoms with Crippen molar-refractivity contribution in [2.45, 2.75) is 64.2 Å². The molecule has 1 aromatic carbocycles. The molecule has 0 spiro atoms. The van der Waals surface area contributed by atoms with Crippen LogP contribution >= 0.6 is 11.3 Å². The lowest BCUT2D eigenvalue weighted by atomic mass is 10.1. The van der Waals surface area contributed by atoms with Crippen LogP contribution in [0.3, 0.4) is 0 Å². The molecule has 2 aromatic heterocycles. The van der Waals surface area contributed by atoms with E-state index >= 15 is 0 Å². The Kier molecular flexibility index (Phi) is 5.30. The van der Waals surface area contributed by atoms with Crippen LogP contribution in [0, 0.1) is 0 Å². The Balaban J connectivity index is 1.54. The van der Waals surface area contributed by atoms with Crippen LogP contribution in [0.5, 0.6) is 0 Å². The average molecular weight is 392 g/mol. The first-order valence-electron chi connectivity index (χ1n) is 11.0. The fraction of sp³-hybridized carbons (Fsp3) is 0.500. The molecule has 3 heterocycles. The van der Waals surface area contributed by atoms with Gasteiger partial charge in [0.2, 0.25) is 0 Å². The van der Waals surface area contributed by atoms with Crippen LogP contribution < -0.4 is 4.90 Å². The average Bonchev–Trinajstić information content (AvgIpc) is 2.94. The molecule has 1 aliphatic carbocycles. The van der Waals surface area contributed by atoms with Crippen molar-refractivity contribution in [2.75, 3.05) is 18.0 Å². The number of aromatic nitrogens is 2. The van der Waals surface area contributed by atoms with Crippen molar-refractivity contribution in [1.29, 1.82) is 0 Å². The maximum Gasteiger partial charge on any atom is 0.141 e. The molecule has 1 saturated heterocycles. The SMILES string of the molecule is c1ccc(CCc2nc(N3CCCCC3)c3c4c(sc3n2)CCCCC4)cc1. The number of fused-ring (bicyclic) bond motifs is 3. The summed E-state index contributed by atoms with van der Waals surface area (Å²) < 4.78 is 0. The number of aryl methyl sites for hydroxylation is 4. The molecule has 2 aliphatic rings. The van der Waals surface area contributed by atoms with Gasteiger partial charge < -0.3 is 4.90 Å². The molecule has 0 unspecified atom stereocenters. The summed E-state index contributed by atoms with van der Waals surface area (Å²) in [4.78, 5) is 15.6. The molecule has 5 rings (SSSR count). The number of rotatable bonds is 4. The molecular formula is C24H29N3S. The van der Waals surface area contributed by atoms with E-state index < -0.39 is 0 Å². The third kappa shape index (κ3) is 3.67. The van der Waals surface area contributed by atoms with Crippen LogP contribution in [0.15, 0.2) is 30.3 Å². The van der Waals surface area contributed by atoms with E-state index in [0.717, 1.165) is 31.8 Å². The van der Waals surface area contributed by atoms with Gasteiger partial charge in [-0.2, -0.15) is 0 Å². The van der Waals surface area contributed by atoms with Crippen molar-refractivity contribution >= 4 is 27.4 Å². The summed E-state index contributed by atoms with van der Waals surface area (Å²) in [7, 11) is 0. The fourth-order valence-corrected chi connectivity index (χ4v) is 5.98. The van der Waals surface area contributed by atoms with Gasteiger partial charge >= 0.3 is 0 Å². The van der Waals surface area contributed by atoms with Crippen LogP contribution in [-0.2, 0) is 25.7 Å². The van der Waals surface area contributed by atoms with Gasteiger partial charge in [-0.3, -0.25) is 0 Å². The molecule has 0 atom stereocenters. The van der Waals surface area contributed by atoms with E-state index in [1.54, 1.807) is 10.4 Å². The van der Waals surface area contributed by atoms with Crippen LogP contribution in [0.25, 0.3) is 10.2 Å². The van der Waals surface area contributed by atoms with Crippen molar-refractivity contribution in [1.82, 2.24) is 9.97 Å². The van der Waals surface area contributed by atoms with E-state index in [-0.39, 0.29) is 0 Å². The summed E-state index contributed by atoms with van der Waals surface area (Å²) in [5.74, 6) is 2.26. The lowest BCUT2D eigenvalue weighted by molar-refractivity contribution is 0.573. The van der Waals surface area contributed by atoms with E-state index in [1.807, 2.05) is 11.3 Å². The standard InChI is InChI=1S/C24H29N3S/c1-4-10-18(11-5-1)14-15-21-25-23(27-16-8-3-9-17-27)22-19-12-6-2-7-13-20(19)28-24(22)26-21/h1,4-5,10-11H,2-3,6-9,12-17H2. The van der Waals surface area contributed by atoms with E-state index in [4.69, 9.17) is 9.97 Å². The summed E-state index contributed by atoms with van der Waals surface area (Å²) in [5.41, 5.74) is 2.94. The van der Waals surface area contributed by atoms with Gasteiger partial charge in [0.25, 0.3) is 0 Å². The largest absolute Gasteiger partial charge is 0.356 e. The lowest BCUT2D eigenvalue weighted by Crippen LogP contribution is -2.30. The number of anilines is 1. The highest BCUT2D eigenvalue weighted by Crippen LogP contribution is 2.39. The number of benzene rings is 1. The van der Waals surface area contributed by atoms with Gasteiger partial charge in [-0.25, -0.2) is 9.97 Å². The lowest BCUT2D eigenvalue weighted by Gasteiger charge is -2.29. The maximum atomic E-state index is 5.17. The molecule has 3 aromatic rings. The molecule has 0 bridgehead atoms. The second-order valence-electron chi connectivity index (χ2n) is 8.24. The van der Waals surface area contributed by atoms with Crippen molar-refractivity contribution in [2.24, 2.45) is 0 Å². The van der Waals surface area contributed by atoms with Gasteiger partial charge in [-0.05, 0) is 62.5 Å². The highest BCUT2D eigenvalue weighted by molar-refractivity contribution is 7.19. The van der Waals surface area contributed by atoms with Crippen LogP contribution in [0.4, 0.5) is 5.82 Å². The topological polar surface area (TPSA) is 29.0 Å². The summed E-state index contributed by atoms with van der Waals surface area (Å²) in [6.07, 6.45) is 12.3. The second kappa shape index (κ2) is 8.20. The van der Waals surface area contributed by atoms with Crippen LogP contribution in [0.2, 0.25) is 0 Å². The smallest absolute Gasteiger partial charge is 0.141 e. The Bertz CT molecular complexity index is 941. The van der Waals surface area contributed by atoms with E-state index in [1.165, 1.54) is 73.0 Å². The highest BCUT2D eigenvalue weighted by Gasteiger charge is 2.24. The molecule has 3 nitrogen and oxygen atoms in total. The van der Waals surface area contributed by atoms with E-state index in [2.05, 4.69) is 35.2 Å². The Morgan fingerprint density at radius 3 is 2.46 bits per heavy atom. The number of piperidine rings is 1. The number of hydrogen-bond donors (Lipinski definition) is 0. The zero-order valence-electron chi connectivity index (χ0n) is 16.6. The first-order valence-corrected chi connectivity index (χ1v) is 11.8. The molecule has 1 fully saturated rings. The Labute approximate surface area is 171 Å². The van der Waals surface area contributed by atoms with E-state index in [9.17, 15) is 0 Å². The van der Waals surface area contributed by atoms with Gasteiger partial charge in [0.15, 0.2) is 0 Å². The summed E-state index contributed by atoms with van der Waals surface area (Å²) in [5, 5.41) is 1.40. The molecule has 0 amide bonds. The molecule has 4 heteroatoms. The molecule has 0 saturated carbocycles. The fourth-order valence-electron chi connectivity index (χ4n) is 4.71. The number of nitrogens with zero attached hydrogens (tertiary/aromatic N) is 3. The normalized spacial score (nSPS) is 17.5. The molecule has 1 aliphatic heterocycles. The Morgan fingerprint density at radius 1 is 0.821 bits per heavy atom. The van der Waals surface area contributed by atoms with Gasteiger partial charge in [-0.1, -0.05) is 36.8 Å². The van der Waals surface area contributed by atoms with Gasteiger partial charge in [0.05, 0.1) is 5.39 Å². The molecular weight excluding hydrogens is 362 g/mol. The first-order chi connectivity index (χ1) is 13.9. The van der Waals surface area contributed by atoms with Gasteiger partial charge in [0.1, 0.15) is 16.5 Å². The molecule has 0 N–H and O–H groups in total. The van der Waals surface area contributed by atoms with Crippen molar-refractivity contribution < 1.29 is 0 Å². The quantitative estimate of drug-likeness (QED) is 0.531. The monoisotopic (exact) mass is 391 g/mol. The third-order valence-corrected chi connectivity index (χ3v) is 7.41. The summed E-state index contributed by atoms with van der Waals surface area (Å²) in [6.45, 7) is 2.30. The molecule has 146 valence electrons. The van der Waals surface area contributed by atoms with Crippen molar-refractivity contribution in [3.05, 3.63) is 52.2 Å². The summed E-state index contributed by atoms with van der Waals surface area (Å²) >= 11 is 1.95. The first kappa shape index (κ1) is 18.1. The Morgan fingerprint density at radius 2 is 1.61 bits per heavy atom. The van der Waals surface area contributed by atoms with Gasteiger partial charge in [-0.15, -0.1) is 11.3 Å². The minimum absolute atomic E-state index is 0.920. The predicted molar refractivity (Wildman–Crippen MR) is 119 cm³/mol. The number of hydrogen-bond acceptors (Lipinski definition) is 4. The zero-order valence-corrected chi connectivity index (χ0v) is 17.4. The minimum Gasteiger partial charge on any atom is -0.356 e. The van der Waals surface area contributed by atoms with Crippen molar-refractivity contribution in [3.63, 3.8) is 0 Å².